The Morgan fingerprint density at radius 1 is 1.42 bits per heavy atom. The molecule has 0 unspecified atom stereocenters. The van der Waals surface area contributed by atoms with E-state index in [0.29, 0.717) is 10.9 Å². The van der Waals surface area contributed by atoms with Gasteiger partial charge in [-0.3, -0.25) is 0 Å². The van der Waals surface area contributed by atoms with E-state index < -0.39 is 0 Å². The molecule has 1 nitrogen and oxygen atoms in total. The molecule has 1 aliphatic carbocycles. The summed E-state index contributed by atoms with van der Waals surface area (Å²) in [5, 5.41) is 9.88. The van der Waals surface area contributed by atoms with Crippen LogP contribution in [0, 0.1) is 0 Å². The molecule has 1 saturated carbocycles. The van der Waals surface area contributed by atoms with Crippen LogP contribution >= 0.6 is 27.5 Å². The van der Waals surface area contributed by atoms with Crippen molar-refractivity contribution in [3.05, 3.63) is 27.2 Å². The number of hydrogen-bond acceptors (Lipinski definition) is 1. The van der Waals surface area contributed by atoms with Crippen LogP contribution in [0.15, 0.2) is 16.6 Å². The first kappa shape index (κ1) is 8.39. The summed E-state index contributed by atoms with van der Waals surface area (Å²) in [6.07, 6.45) is 2.42. The maximum absolute atomic E-state index is 9.21. The molecule has 3 heteroatoms. The average Bonchev–Trinajstić information content (AvgIpc) is 2.68. The highest BCUT2D eigenvalue weighted by Crippen LogP contribution is 2.47. The minimum absolute atomic E-state index is 0.219. The van der Waals surface area contributed by atoms with E-state index in [-0.39, 0.29) is 5.75 Å². The molecule has 12 heavy (non-hydrogen) atoms. The lowest BCUT2D eigenvalue weighted by Crippen LogP contribution is -1.83. The molecule has 1 N–H and O–H groups in total. The zero-order valence-corrected chi connectivity index (χ0v) is 8.69. The van der Waals surface area contributed by atoms with E-state index in [0.717, 1.165) is 10.0 Å². The molecule has 1 fully saturated rings. The second kappa shape index (κ2) is 2.93. The molecule has 0 saturated heterocycles. The minimum atomic E-state index is 0.219. The van der Waals surface area contributed by atoms with E-state index in [2.05, 4.69) is 15.9 Å². The van der Waals surface area contributed by atoms with Gasteiger partial charge in [-0.25, -0.2) is 0 Å². The Morgan fingerprint density at radius 2 is 2.08 bits per heavy atom. The van der Waals surface area contributed by atoms with Gasteiger partial charge in [-0.1, -0.05) is 27.5 Å². The van der Waals surface area contributed by atoms with Crippen LogP contribution in [0.5, 0.6) is 5.75 Å². The maximum atomic E-state index is 9.21. The zero-order chi connectivity index (χ0) is 8.72. The summed E-state index contributed by atoms with van der Waals surface area (Å²) < 4.78 is 0.926. The smallest absolute Gasteiger partial charge is 0.118 e. The van der Waals surface area contributed by atoms with E-state index >= 15 is 0 Å². The molecule has 0 amide bonds. The summed E-state index contributed by atoms with van der Waals surface area (Å²) in [5.74, 6) is 0.823. The number of benzene rings is 1. The van der Waals surface area contributed by atoms with Crippen LogP contribution in [-0.2, 0) is 0 Å². The van der Waals surface area contributed by atoms with Crippen molar-refractivity contribution in [2.75, 3.05) is 0 Å². The average molecular weight is 248 g/mol. The Hall–Kier alpha value is -0.210. The molecule has 0 aliphatic heterocycles. The van der Waals surface area contributed by atoms with Crippen LogP contribution in [-0.4, -0.2) is 5.11 Å². The van der Waals surface area contributed by atoms with Crippen LogP contribution in [0.4, 0.5) is 0 Å². The Kier molecular flexibility index (Phi) is 2.05. The summed E-state index contributed by atoms with van der Waals surface area (Å²) >= 11 is 9.37. The van der Waals surface area contributed by atoms with Gasteiger partial charge >= 0.3 is 0 Å². The predicted molar refractivity (Wildman–Crippen MR) is 52.8 cm³/mol. The summed E-state index contributed by atoms with van der Waals surface area (Å²) in [6, 6.07) is 3.29. The highest BCUT2D eigenvalue weighted by molar-refractivity contribution is 9.10. The van der Waals surface area contributed by atoms with Gasteiger partial charge in [0.1, 0.15) is 5.75 Å². The first-order valence-corrected chi connectivity index (χ1v) is 5.03. The molecule has 0 radical (unpaired) electrons. The molecular formula is C9H8BrClO. The largest absolute Gasteiger partial charge is 0.508 e. The zero-order valence-electron chi connectivity index (χ0n) is 6.35. The van der Waals surface area contributed by atoms with Crippen LogP contribution in [0.1, 0.15) is 24.3 Å². The molecule has 0 heterocycles. The van der Waals surface area contributed by atoms with Crippen molar-refractivity contribution in [1.82, 2.24) is 0 Å². The molecule has 1 aromatic carbocycles. The van der Waals surface area contributed by atoms with Crippen LogP contribution in [0.2, 0.25) is 5.02 Å². The fourth-order valence-electron chi connectivity index (χ4n) is 1.33. The lowest BCUT2D eigenvalue weighted by atomic mass is 10.1. The molecule has 0 spiro atoms. The van der Waals surface area contributed by atoms with Gasteiger partial charge in [0.15, 0.2) is 0 Å². The first-order chi connectivity index (χ1) is 5.68. The summed E-state index contributed by atoms with van der Waals surface area (Å²) in [5.41, 5.74) is 1.15. The van der Waals surface area contributed by atoms with Crippen molar-refractivity contribution in [1.29, 1.82) is 0 Å². The van der Waals surface area contributed by atoms with Gasteiger partial charge in [0.25, 0.3) is 0 Å². The van der Waals surface area contributed by atoms with Crippen molar-refractivity contribution in [2.24, 2.45) is 0 Å². The SMILES string of the molecule is Oc1cc(Cl)c(C2CC2)c(Br)c1. The van der Waals surface area contributed by atoms with Gasteiger partial charge in [0.05, 0.1) is 0 Å². The lowest BCUT2D eigenvalue weighted by Gasteiger charge is -2.05. The number of phenols is 1. The van der Waals surface area contributed by atoms with Gasteiger partial charge in [0, 0.05) is 9.50 Å². The van der Waals surface area contributed by atoms with E-state index in [1.54, 1.807) is 12.1 Å². The summed E-state index contributed by atoms with van der Waals surface area (Å²) in [7, 11) is 0. The highest BCUT2D eigenvalue weighted by atomic mass is 79.9. The third kappa shape index (κ3) is 1.46. The standard InChI is InChI=1S/C9H8BrClO/c10-7-3-6(12)4-8(11)9(7)5-1-2-5/h3-5,12H,1-2H2. The predicted octanol–water partition coefficient (Wildman–Crippen LogP) is 3.69. The molecular weight excluding hydrogens is 239 g/mol. The van der Waals surface area contributed by atoms with Gasteiger partial charge < -0.3 is 5.11 Å². The molecule has 0 atom stereocenters. The van der Waals surface area contributed by atoms with E-state index in [4.69, 9.17) is 11.6 Å². The van der Waals surface area contributed by atoms with Crippen molar-refractivity contribution in [2.45, 2.75) is 18.8 Å². The van der Waals surface area contributed by atoms with Crippen molar-refractivity contribution in [3.63, 3.8) is 0 Å². The fourth-order valence-corrected chi connectivity index (χ4v) is 2.59. The molecule has 0 aromatic heterocycles. The number of aromatic hydroxyl groups is 1. The van der Waals surface area contributed by atoms with Gasteiger partial charge in [-0.15, -0.1) is 0 Å². The molecule has 1 aliphatic rings. The monoisotopic (exact) mass is 246 g/mol. The number of halogens is 2. The van der Waals surface area contributed by atoms with Crippen LogP contribution in [0.25, 0.3) is 0 Å². The van der Waals surface area contributed by atoms with E-state index in [1.807, 2.05) is 0 Å². The maximum Gasteiger partial charge on any atom is 0.118 e. The summed E-state index contributed by atoms with van der Waals surface area (Å²) in [6.45, 7) is 0. The number of phenolic OH excluding ortho intramolecular Hbond substituents is 1. The Labute approximate surface area is 84.5 Å². The van der Waals surface area contributed by atoms with Crippen molar-refractivity contribution in [3.8, 4) is 5.75 Å². The Bertz CT molecular complexity index is 297. The fraction of sp³-hybridized carbons (Fsp3) is 0.333. The first-order valence-electron chi connectivity index (χ1n) is 3.86. The minimum Gasteiger partial charge on any atom is -0.508 e. The topological polar surface area (TPSA) is 20.2 Å². The van der Waals surface area contributed by atoms with Crippen molar-refractivity contribution >= 4 is 27.5 Å². The Balaban J connectivity index is 2.51. The van der Waals surface area contributed by atoms with E-state index in [9.17, 15) is 5.11 Å². The van der Waals surface area contributed by atoms with E-state index in [1.165, 1.54) is 12.8 Å². The number of hydrogen-bond donors (Lipinski definition) is 1. The van der Waals surface area contributed by atoms with Gasteiger partial charge in [-0.05, 0) is 36.5 Å². The van der Waals surface area contributed by atoms with Crippen LogP contribution in [0.3, 0.4) is 0 Å². The second-order valence-electron chi connectivity index (χ2n) is 3.10. The molecule has 1 aromatic rings. The Morgan fingerprint density at radius 3 is 2.58 bits per heavy atom. The third-order valence-corrected chi connectivity index (χ3v) is 3.02. The molecule has 64 valence electrons. The van der Waals surface area contributed by atoms with Gasteiger partial charge in [0.2, 0.25) is 0 Å². The quantitative estimate of drug-likeness (QED) is 0.802. The summed E-state index contributed by atoms with van der Waals surface area (Å²) in [4.78, 5) is 0. The van der Waals surface area contributed by atoms with Crippen LogP contribution < -0.4 is 0 Å². The highest BCUT2D eigenvalue weighted by Gasteiger charge is 2.28. The molecule has 0 bridgehead atoms. The van der Waals surface area contributed by atoms with Gasteiger partial charge in [-0.2, -0.15) is 0 Å². The lowest BCUT2D eigenvalue weighted by molar-refractivity contribution is 0.474. The number of rotatable bonds is 1. The third-order valence-electron chi connectivity index (χ3n) is 2.05. The second-order valence-corrected chi connectivity index (χ2v) is 4.36. The van der Waals surface area contributed by atoms with Crippen molar-refractivity contribution < 1.29 is 5.11 Å². The molecule has 2 rings (SSSR count). The normalized spacial score (nSPS) is 16.5.